The number of carboxylic acid groups (broad SMARTS) is 1. The second-order valence-corrected chi connectivity index (χ2v) is 5.91. The molecule has 116 valence electrons. The largest absolute Gasteiger partial charge is 0.481 e. The molecule has 0 aliphatic heterocycles. The third-order valence-corrected chi connectivity index (χ3v) is 3.90. The second-order valence-electron chi connectivity index (χ2n) is 5.06. The number of carbonyl (C=O) groups is 2. The molecule has 0 saturated carbocycles. The van der Waals surface area contributed by atoms with Crippen molar-refractivity contribution in [2.75, 3.05) is 6.54 Å². The number of benzene rings is 1. The molecule has 1 N–H and O–H groups in total. The molecule has 1 rings (SSSR count). The second kappa shape index (κ2) is 8.12. The molecule has 0 heterocycles. The third-order valence-electron chi connectivity index (χ3n) is 3.13. The number of aliphatic carboxylic acids is 1. The van der Waals surface area contributed by atoms with Gasteiger partial charge in [0.15, 0.2) is 0 Å². The first-order valence-corrected chi connectivity index (χ1v) is 7.55. The van der Waals surface area contributed by atoms with Crippen LogP contribution in [-0.2, 0) is 16.0 Å². The van der Waals surface area contributed by atoms with E-state index in [2.05, 4.69) is 15.9 Å². The number of nitrogens with zero attached hydrogens (tertiary/aromatic N) is 1. The minimum Gasteiger partial charge on any atom is -0.481 e. The van der Waals surface area contributed by atoms with Gasteiger partial charge >= 0.3 is 5.97 Å². The van der Waals surface area contributed by atoms with Crippen molar-refractivity contribution in [3.05, 3.63) is 34.1 Å². The highest BCUT2D eigenvalue weighted by molar-refractivity contribution is 9.10. The highest BCUT2D eigenvalue weighted by atomic mass is 79.9. The fourth-order valence-electron chi connectivity index (χ4n) is 2.01. The van der Waals surface area contributed by atoms with Gasteiger partial charge in [-0.15, -0.1) is 0 Å². The normalized spacial score (nSPS) is 10.7. The monoisotopic (exact) mass is 359 g/mol. The van der Waals surface area contributed by atoms with E-state index in [4.69, 9.17) is 5.11 Å². The molecule has 0 spiro atoms. The maximum atomic E-state index is 13.2. The Kier molecular flexibility index (Phi) is 6.81. The molecule has 0 aliphatic carbocycles. The van der Waals surface area contributed by atoms with Crippen LogP contribution in [0.3, 0.4) is 0 Å². The average molecular weight is 360 g/mol. The number of rotatable bonds is 7. The standard InChI is InChI=1S/C15H19BrFNO3/c1-10(2)18(8-7-15(20)21)14(19)6-3-11-9-12(17)4-5-13(11)16/h4-5,9-10H,3,6-8H2,1-2H3,(H,20,21). The van der Waals surface area contributed by atoms with Crippen LogP contribution < -0.4 is 0 Å². The third kappa shape index (κ3) is 5.83. The van der Waals surface area contributed by atoms with Gasteiger partial charge in [0, 0.05) is 23.5 Å². The molecule has 0 unspecified atom stereocenters. The Bertz CT molecular complexity index is 520. The molecule has 0 aromatic heterocycles. The summed E-state index contributed by atoms with van der Waals surface area (Å²) in [6.45, 7) is 3.88. The summed E-state index contributed by atoms with van der Waals surface area (Å²) in [4.78, 5) is 24.4. The molecule has 0 bridgehead atoms. The Morgan fingerprint density at radius 3 is 2.57 bits per heavy atom. The van der Waals surface area contributed by atoms with Gasteiger partial charge in [0.1, 0.15) is 5.82 Å². The Labute approximate surface area is 132 Å². The van der Waals surface area contributed by atoms with Gasteiger partial charge in [-0.25, -0.2) is 4.39 Å². The minimum absolute atomic E-state index is 0.0622. The number of amides is 1. The average Bonchev–Trinajstić information content (AvgIpc) is 2.39. The van der Waals surface area contributed by atoms with Crippen LogP contribution in [-0.4, -0.2) is 34.5 Å². The van der Waals surface area contributed by atoms with E-state index in [1.165, 1.54) is 12.1 Å². The van der Waals surface area contributed by atoms with E-state index in [1.54, 1.807) is 11.0 Å². The van der Waals surface area contributed by atoms with Gasteiger partial charge in [0.05, 0.1) is 6.42 Å². The maximum absolute atomic E-state index is 13.2. The van der Waals surface area contributed by atoms with Crippen molar-refractivity contribution < 1.29 is 19.1 Å². The molecular weight excluding hydrogens is 341 g/mol. The lowest BCUT2D eigenvalue weighted by atomic mass is 10.1. The van der Waals surface area contributed by atoms with Crippen LogP contribution in [0.2, 0.25) is 0 Å². The zero-order valence-electron chi connectivity index (χ0n) is 12.1. The fraction of sp³-hybridized carbons (Fsp3) is 0.467. The molecule has 0 radical (unpaired) electrons. The van der Waals surface area contributed by atoms with Crippen molar-refractivity contribution in [1.29, 1.82) is 0 Å². The summed E-state index contributed by atoms with van der Waals surface area (Å²) in [6.07, 6.45) is 0.556. The van der Waals surface area contributed by atoms with Crippen LogP contribution in [0, 0.1) is 5.82 Å². The lowest BCUT2D eigenvalue weighted by Crippen LogP contribution is -2.38. The maximum Gasteiger partial charge on any atom is 0.305 e. The molecule has 1 amide bonds. The van der Waals surface area contributed by atoms with E-state index in [9.17, 15) is 14.0 Å². The first kappa shape index (κ1) is 17.6. The number of carboxylic acids is 1. The number of aryl methyl sites for hydroxylation is 1. The van der Waals surface area contributed by atoms with Gasteiger partial charge in [-0.3, -0.25) is 9.59 Å². The zero-order valence-corrected chi connectivity index (χ0v) is 13.7. The predicted octanol–water partition coefficient (Wildman–Crippen LogP) is 3.23. The summed E-state index contributed by atoms with van der Waals surface area (Å²) in [5.41, 5.74) is 0.727. The molecule has 0 aliphatic rings. The first-order valence-electron chi connectivity index (χ1n) is 6.76. The van der Waals surface area contributed by atoms with Crippen LogP contribution in [0.25, 0.3) is 0 Å². The topological polar surface area (TPSA) is 57.6 Å². The van der Waals surface area contributed by atoms with Crippen LogP contribution in [0.15, 0.2) is 22.7 Å². The van der Waals surface area contributed by atoms with Crippen molar-refractivity contribution in [2.45, 2.75) is 39.2 Å². The van der Waals surface area contributed by atoms with E-state index >= 15 is 0 Å². The lowest BCUT2D eigenvalue weighted by molar-refractivity contribution is -0.139. The van der Waals surface area contributed by atoms with Crippen LogP contribution >= 0.6 is 15.9 Å². The van der Waals surface area contributed by atoms with E-state index in [1.807, 2.05) is 13.8 Å². The fourth-order valence-corrected chi connectivity index (χ4v) is 2.45. The molecule has 6 heteroatoms. The first-order chi connectivity index (χ1) is 9.81. The van der Waals surface area contributed by atoms with Gasteiger partial charge in [-0.05, 0) is 44.0 Å². The van der Waals surface area contributed by atoms with Crippen molar-refractivity contribution in [3.63, 3.8) is 0 Å². The molecule has 1 aromatic rings. The van der Waals surface area contributed by atoms with Crippen molar-refractivity contribution >= 4 is 27.8 Å². The van der Waals surface area contributed by atoms with Gasteiger partial charge in [0.25, 0.3) is 0 Å². The quantitative estimate of drug-likeness (QED) is 0.812. The molecule has 0 fully saturated rings. The summed E-state index contributed by atoms with van der Waals surface area (Å²) < 4.78 is 13.9. The Balaban J connectivity index is 2.65. The summed E-state index contributed by atoms with van der Waals surface area (Å²) >= 11 is 3.33. The molecule has 4 nitrogen and oxygen atoms in total. The SMILES string of the molecule is CC(C)N(CCC(=O)O)C(=O)CCc1cc(F)ccc1Br. The number of hydrogen-bond acceptors (Lipinski definition) is 2. The van der Waals surface area contributed by atoms with Gasteiger partial charge in [-0.1, -0.05) is 15.9 Å². The molecule has 21 heavy (non-hydrogen) atoms. The summed E-state index contributed by atoms with van der Waals surface area (Å²) in [5, 5.41) is 8.71. The van der Waals surface area contributed by atoms with Gasteiger partial charge < -0.3 is 10.0 Å². The molecule has 0 saturated heterocycles. The van der Waals surface area contributed by atoms with Crippen LogP contribution in [0.1, 0.15) is 32.3 Å². The van der Waals surface area contributed by atoms with Crippen LogP contribution in [0.4, 0.5) is 4.39 Å². The van der Waals surface area contributed by atoms with Crippen molar-refractivity contribution in [2.24, 2.45) is 0 Å². The number of halogens is 2. The van der Waals surface area contributed by atoms with Crippen molar-refractivity contribution in [1.82, 2.24) is 4.90 Å². The van der Waals surface area contributed by atoms with E-state index in [0.29, 0.717) is 6.42 Å². The van der Waals surface area contributed by atoms with E-state index in [0.717, 1.165) is 10.0 Å². The van der Waals surface area contributed by atoms with Crippen LogP contribution in [0.5, 0.6) is 0 Å². The molecular formula is C15H19BrFNO3. The van der Waals surface area contributed by atoms with E-state index in [-0.39, 0.29) is 37.2 Å². The molecule has 0 atom stereocenters. The Morgan fingerprint density at radius 1 is 1.33 bits per heavy atom. The van der Waals surface area contributed by atoms with E-state index < -0.39 is 5.97 Å². The van der Waals surface area contributed by atoms with Crippen molar-refractivity contribution in [3.8, 4) is 0 Å². The smallest absolute Gasteiger partial charge is 0.305 e. The highest BCUT2D eigenvalue weighted by Crippen LogP contribution is 2.20. The summed E-state index contributed by atoms with van der Waals surface area (Å²) in [7, 11) is 0. The Morgan fingerprint density at radius 2 is 2.00 bits per heavy atom. The summed E-state index contributed by atoms with van der Waals surface area (Å²) in [5.74, 6) is -1.39. The summed E-state index contributed by atoms with van der Waals surface area (Å²) in [6, 6.07) is 4.30. The number of carbonyl (C=O) groups excluding carboxylic acids is 1. The van der Waals surface area contributed by atoms with Gasteiger partial charge in [-0.2, -0.15) is 0 Å². The highest BCUT2D eigenvalue weighted by Gasteiger charge is 2.18. The zero-order chi connectivity index (χ0) is 16.0. The predicted molar refractivity (Wildman–Crippen MR) is 81.5 cm³/mol. The minimum atomic E-state index is -0.929. The Hall–Kier alpha value is -1.43. The van der Waals surface area contributed by atoms with Gasteiger partial charge in [0.2, 0.25) is 5.91 Å². The number of hydrogen-bond donors (Lipinski definition) is 1. The lowest BCUT2D eigenvalue weighted by Gasteiger charge is -2.26. The molecule has 1 aromatic carbocycles.